The molecule has 5 N–H and O–H groups in total. The summed E-state index contributed by atoms with van der Waals surface area (Å²) < 4.78 is 8.13. The first-order valence-electron chi connectivity index (χ1n) is 17.6. The van der Waals surface area contributed by atoms with Gasteiger partial charge in [0.1, 0.15) is 11.9 Å². The SMILES string of the molecule is CN(CCCn1cnc2cc(CNC[C@@H](O)c3ccc(O)c4[nH]c(=O)ccc34)ccc21)C1CCC(OC(=O)C(O)(c2cccs2)c2cccs2)CC1. The number of esters is 1. The lowest BCUT2D eigenvalue weighted by atomic mass is 9.91. The Labute approximate surface area is 309 Å². The number of rotatable bonds is 14. The summed E-state index contributed by atoms with van der Waals surface area (Å²) in [6.07, 6.45) is 5.21. The fraction of sp³-hybridized carbons (Fsp3) is 0.359. The van der Waals surface area contributed by atoms with Gasteiger partial charge in [0.05, 0.1) is 38.7 Å². The highest BCUT2D eigenvalue weighted by molar-refractivity contribution is 7.12. The number of H-pyrrole nitrogens is 1. The molecule has 0 amide bonds. The van der Waals surface area contributed by atoms with Gasteiger partial charge in [-0.3, -0.25) is 4.79 Å². The number of aromatic nitrogens is 3. The number of nitrogens with zero attached hydrogens (tertiary/aromatic N) is 3. The molecule has 1 atom stereocenters. The highest BCUT2D eigenvalue weighted by atomic mass is 32.1. The molecule has 1 fully saturated rings. The molecule has 0 saturated heterocycles. The Morgan fingerprint density at radius 1 is 1.08 bits per heavy atom. The zero-order valence-corrected chi connectivity index (χ0v) is 30.5. The van der Waals surface area contributed by atoms with E-state index in [0.29, 0.717) is 45.4 Å². The van der Waals surface area contributed by atoms with E-state index in [1.807, 2.05) is 29.2 Å². The number of fused-ring (bicyclic) bond motifs is 2. The first kappa shape index (κ1) is 36.0. The molecule has 0 spiro atoms. The number of hydrogen-bond donors (Lipinski definition) is 5. The number of pyridine rings is 1. The van der Waals surface area contributed by atoms with Crippen LogP contribution in [0.5, 0.6) is 5.75 Å². The molecule has 4 heterocycles. The van der Waals surface area contributed by atoms with E-state index in [1.54, 1.807) is 24.3 Å². The van der Waals surface area contributed by atoms with E-state index >= 15 is 0 Å². The molecule has 6 aromatic rings. The first-order chi connectivity index (χ1) is 25.2. The van der Waals surface area contributed by atoms with Crippen LogP contribution in [0, 0.1) is 0 Å². The summed E-state index contributed by atoms with van der Waals surface area (Å²) in [7, 11) is 2.16. The Bertz CT molecular complexity index is 2140. The van der Waals surface area contributed by atoms with Crippen molar-refractivity contribution in [3.05, 3.63) is 115 Å². The van der Waals surface area contributed by atoms with Crippen LogP contribution in [0.4, 0.5) is 0 Å². The number of aromatic hydroxyl groups is 1. The Morgan fingerprint density at radius 2 is 1.83 bits per heavy atom. The maximum absolute atomic E-state index is 13.4. The number of thiophene rings is 2. The van der Waals surface area contributed by atoms with Crippen molar-refractivity contribution >= 4 is 50.6 Å². The third-order valence-electron chi connectivity index (χ3n) is 10.1. The molecule has 1 saturated carbocycles. The Hall–Kier alpha value is -4.37. The van der Waals surface area contributed by atoms with Crippen LogP contribution in [0.15, 0.2) is 88.6 Å². The fourth-order valence-corrected chi connectivity index (χ4v) is 8.93. The van der Waals surface area contributed by atoms with E-state index < -0.39 is 17.7 Å². The minimum absolute atomic E-state index is 0.0355. The van der Waals surface area contributed by atoms with Crippen LogP contribution < -0.4 is 10.9 Å². The molecular formula is C39H43N5O6S2. The molecule has 13 heteroatoms. The molecular weight excluding hydrogens is 699 g/mol. The highest BCUT2D eigenvalue weighted by Crippen LogP contribution is 2.38. The van der Waals surface area contributed by atoms with Gasteiger partial charge in [-0.05, 0) is 104 Å². The average Bonchev–Trinajstić information content (AvgIpc) is 3.96. The summed E-state index contributed by atoms with van der Waals surface area (Å²) in [6, 6.07) is 20.0. The molecule has 2 aromatic carbocycles. The van der Waals surface area contributed by atoms with Crippen molar-refractivity contribution in [1.82, 2.24) is 24.8 Å². The minimum Gasteiger partial charge on any atom is -0.506 e. The van der Waals surface area contributed by atoms with Crippen molar-refractivity contribution in [2.24, 2.45) is 0 Å². The van der Waals surface area contributed by atoms with E-state index in [4.69, 9.17) is 4.74 Å². The number of nitrogens with one attached hydrogen (secondary N) is 2. The largest absolute Gasteiger partial charge is 0.506 e. The van der Waals surface area contributed by atoms with Crippen LogP contribution in [0.3, 0.4) is 0 Å². The van der Waals surface area contributed by atoms with Gasteiger partial charge in [-0.15, -0.1) is 22.7 Å². The third kappa shape index (κ3) is 7.56. The second-order valence-electron chi connectivity index (χ2n) is 13.5. The molecule has 1 aliphatic carbocycles. The number of aryl methyl sites for hydroxylation is 1. The molecule has 52 heavy (non-hydrogen) atoms. The summed E-state index contributed by atoms with van der Waals surface area (Å²) in [6.45, 7) is 2.61. The number of imidazole rings is 1. The van der Waals surface area contributed by atoms with Gasteiger partial charge in [0, 0.05) is 37.1 Å². The smallest absolute Gasteiger partial charge is 0.349 e. The zero-order chi connectivity index (χ0) is 36.2. The number of hydrogen-bond acceptors (Lipinski definition) is 11. The molecule has 0 unspecified atom stereocenters. The molecule has 0 bridgehead atoms. The predicted octanol–water partition coefficient (Wildman–Crippen LogP) is 5.64. The van der Waals surface area contributed by atoms with E-state index in [-0.39, 0.29) is 17.4 Å². The summed E-state index contributed by atoms with van der Waals surface area (Å²) in [5.41, 5.74) is 1.89. The van der Waals surface area contributed by atoms with Gasteiger partial charge in [-0.1, -0.05) is 24.3 Å². The minimum atomic E-state index is -1.77. The lowest BCUT2D eigenvalue weighted by molar-refractivity contribution is -0.169. The van der Waals surface area contributed by atoms with Gasteiger partial charge in [0.25, 0.3) is 0 Å². The van der Waals surface area contributed by atoms with Crippen LogP contribution in [0.2, 0.25) is 0 Å². The van der Waals surface area contributed by atoms with Crippen molar-refractivity contribution in [3.8, 4) is 5.75 Å². The quantitative estimate of drug-likeness (QED) is 0.0894. The number of phenolic OH excluding ortho intramolecular Hbond substituents is 1. The number of benzene rings is 2. The second kappa shape index (κ2) is 15.7. The number of carbonyl (C=O) groups excluding carboxylic acids is 1. The topological polar surface area (TPSA) is 153 Å². The van der Waals surface area contributed by atoms with Crippen molar-refractivity contribution in [2.75, 3.05) is 20.1 Å². The second-order valence-corrected chi connectivity index (χ2v) is 15.4. The van der Waals surface area contributed by atoms with Crippen molar-refractivity contribution in [2.45, 2.75) is 69.0 Å². The zero-order valence-electron chi connectivity index (χ0n) is 28.9. The Balaban J connectivity index is 0.861. The van der Waals surface area contributed by atoms with E-state index in [0.717, 1.165) is 61.8 Å². The number of aromatic amines is 1. The van der Waals surface area contributed by atoms with E-state index in [2.05, 4.69) is 50.0 Å². The normalized spacial score (nSPS) is 17.2. The molecule has 11 nitrogen and oxygen atoms in total. The molecule has 4 aromatic heterocycles. The summed E-state index contributed by atoms with van der Waals surface area (Å²) in [5.74, 6) is -0.629. The maximum Gasteiger partial charge on any atom is 0.349 e. The Kier molecular flexibility index (Phi) is 10.9. The van der Waals surface area contributed by atoms with Crippen LogP contribution >= 0.6 is 22.7 Å². The number of aliphatic hydroxyl groups excluding tert-OH is 1. The lowest BCUT2D eigenvalue weighted by Gasteiger charge is -2.35. The fourth-order valence-electron chi connectivity index (χ4n) is 7.22. The van der Waals surface area contributed by atoms with Crippen LogP contribution in [0.1, 0.15) is 59.1 Å². The monoisotopic (exact) mass is 741 g/mol. The van der Waals surface area contributed by atoms with Gasteiger partial charge >= 0.3 is 5.97 Å². The standard InChI is InChI=1S/C39H43N5O6S2/c1-43(26-8-10-27(11-9-26)50-38(48)39(49,34-5-2-19-51-34)35-6-3-20-52-35)17-4-18-44-24-41-30-21-25(7-14-31(30)44)22-40-23-33(46)28-12-15-32(45)37-29(28)13-16-36(47)42-37/h2-3,5-7,12-16,19-21,24,26-27,33,40,45-46,49H,4,8-11,17-18,22-23H2,1H3,(H,42,47)/t26?,27?,33-/m1/s1. The Morgan fingerprint density at radius 3 is 2.54 bits per heavy atom. The lowest BCUT2D eigenvalue weighted by Crippen LogP contribution is -2.42. The number of aliphatic hydroxyl groups is 2. The summed E-state index contributed by atoms with van der Waals surface area (Å²) in [4.78, 5) is 35.9. The van der Waals surface area contributed by atoms with Crippen molar-refractivity contribution < 1.29 is 24.9 Å². The average molecular weight is 742 g/mol. The van der Waals surface area contributed by atoms with E-state index in [1.165, 1.54) is 34.8 Å². The molecule has 0 aliphatic heterocycles. The van der Waals surface area contributed by atoms with Crippen LogP contribution in [-0.4, -0.2) is 73.0 Å². The summed E-state index contributed by atoms with van der Waals surface area (Å²) >= 11 is 2.71. The summed E-state index contributed by atoms with van der Waals surface area (Å²) in [5, 5.41) is 40.2. The van der Waals surface area contributed by atoms with Gasteiger partial charge < -0.3 is 39.8 Å². The molecule has 1 aliphatic rings. The number of carbonyl (C=O) groups is 1. The number of phenols is 1. The van der Waals surface area contributed by atoms with E-state index in [9.17, 15) is 24.9 Å². The molecule has 0 radical (unpaired) electrons. The molecule has 272 valence electrons. The van der Waals surface area contributed by atoms with Gasteiger partial charge in [-0.2, -0.15) is 0 Å². The third-order valence-corrected chi connectivity index (χ3v) is 12.1. The van der Waals surface area contributed by atoms with Gasteiger partial charge in [-0.25, -0.2) is 9.78 Å². The number of ether oxygens (including phenoxy) is 1. The predicted molar refractivity (Wildman–Crippen MR) is 204 cm³/mol. The highest BCUT2D eigenvalue weighted by Gasteiger charge is 2.45. The van der Waals surface area contributed by atoms with Gasteiger partial charge in [0.2, 0.25) is 11.2 Å². The van der Waals surface area contributed by atoms with Gasteiger partial charge in [0.15, 0.2) is 0 Å². The van der Waals surface area contributed by atoms with Crippen molar-refractivity contribution in [3.63, 3.8) is 0 Å². The van der Waals surface area contributed by atoms with Crippen LogP contribution in [-0.2, 0) is 28.2 Å². The first-order valence-corrected chi connectivity index (χ1v) is 19.4. The maximum atomic E-state index is 13.4. The van der Waals surface area contributed by atoms with Crippen molar-refractivity contribution in [1.29, 1.82) is 0 Å². The van der Waals surface area contributed by atoms with Crippen LogP contribution in [0.25, 0.3) is 21.9 Å². The molecule has 7 rings (SSSR count).